The van der Waals surface area contributed by atoms with Crippen molar-refractivity contribution in [3.05, 3.63) is 35.4 Å². The van der Waals surface area contributed by atoms with Crippen LogP contribution in [0.15, 0.2) is 24.3 Å². The molecule has 1 saturated heterocycles. The molecule has 4 atom stereocenters. The Labute approximate surface area is 202 Å². The van der Waals surface area contributed by atoms with E-state index in [1.54, 1.807) is 13.2 Å². The Kier molecular flexibility index (Phi) is 6.21. The van der Waals surface area contributed by atoms with Gasteiger partial charge in [0.1, 0.15) is 0 Å². The van der Waals surface area contributed by atoms with Gasteiger partial charge in [-0.3, -0.25) is 14.5 Å². The molecular weight excluding hydrogens is 430 g/mol. The zero-order valence-electron chi connectivity index (χ0n) is 20.7. The summed E-state index contributed by atoms with van der Waals surface area (Å²) in [5, 5.41) is 0. The molecule has 0 radical (unpaired) electrons. The van der Waals surface area contributed by atoms with Gasteiger partial charge in [-0.1, -0.05) is 51.5 Å². The Morgan fingerprint density at radius 2 is 1.94 bits per heavy atom. The van der Waals surface area contributed by atoms with Gasteiger partial charge in [0.05, 0.1) is 18.6 Å². The lowest BCUT2D eigenvalue weighted by Crippen LogP contribution is -2.75. The van der Waals surface area contributed by atoms with E-state index in [9.17, 15) is 9.59 Å². The number of likely N-dealkylation sites (tertiary alicyclic amines) is 1. The molecule has 6 heteroatoms. The third-order valence-corrected chi connectivity index (χ3v) is 8.57. The lowest BCUT2D eigenvalue weighted by Gasteiger charge is -2.61. The second-order valence-electron chi connectivity index (χ2n) is 10.4. The number of ketones is 1. The minimum atomic E-state index is -0.915. The van der Waals surface area contributed by atoms with E-state index in [0.717, 1.165) is 43.4 Å². The summed E-state index contributed by atoms with van der Waals surface area (Å²) in [5.74, 6) is 1.05. The Hall–Kier alpha value is -2.34. The van der Waals surface area contributed by atoms with Crippen molar-refractivity contribution in [1.82, 2.24) is 4.90 Å². The van der Waals surface area contributed by atoms with Crippen LogP contribution in [-0.2, 0) is 26.2 Å². The molecule has 5 rings (SSSR count). The average molecular weight is 468 g/mol. The summed E-state index contributed by atoms with van der Waals surface area (Å²) >= 11 is 0. The zero-order valence-corrected chi connectivity index (χ0v) is 20.7. The molecule has 0 amide bonds. The molecular formula is C28H37NO5. The number of piperidine rings is 1. The van der Waals surface area contributed by atoms with Crippen LogP contribution in [0.5, 0.6) is 11.5 Å². The summed E-state index contributed by atoms with van der Waals surface area (Å²) in [7, 11) is 3.71. The van der Waals surface area contributed by atoms with Crippen LogP contribution < -0.4 is 9.47 Å². The van der Waals surface area contributed by atoms with Gasteiger partial charge >= 0.3 is 5.97 Å². The second-order valence-corrected chi connectivity index (χ2v) is 10.4. The number of unbranched alkanes of at least 4 members (excludes halogenated alkanes) is 6. The van der Waals surface area contributed by atoms with Crippen molar-refractivity contribution in [2.45, 2.75) is 94.3 Å². The highest BCUT2D eigenvalue weighted by Gasteiger charge is 2.74. The summed E-state index contributed by atoms with van der Waals surface area (Å²) in [4.78, 5) is 28.7. The number of likely N-dealkylation sites (N-methyl/N-ethyl adjacent to an activating group) is 1. The number of ether oxygens (including phenoxy) is 3. The maximum Gasteiger partial charge on any atom is 0.306 e. The van der Waals surface area contributed by atoms with Crippen LogP contribution in [0.2, 0.25) is 0 Å². The Morgan fingerprint density at radius 3 is 2.71 bits per heavy atom. The van der Waals surface area contributed by atoms with Crippen LogP contribution in [-0.4, -0.2) is 55.1 Å². The minimum Gasteiger partial charge on any atom is -0.493 e. The highest BCUT2D eigenvalue weighted by atomic mass is 16.6. The number of esters is 1. The van der Waals surface area contributed by atoms with Crippen molar-refractivity contribution < 1.29 is 23.8 Å². The summed E-state index contributed by atoms with van der Waals surface area (Å²) < 4.78 is 18.5. The molecule has 2 heterocycles. The predicted octanol–water partition coefficient (Wildman–Crippen LogP) is 4.52. The molecule has 0 unspecified atom stereocenters. The number of benzene rings is 1. The third kappa shape index (κ3) is 3.32. The fourth-order valence-electron chi connectivity index (χ4n) is 6.90. The van der Waals surface area contributed by atoms with Crippen LogP contribution >= 0.6 is 0 Å². The molecule has 34 heavy (non-hydrogen) atoms. The summed E-state index contributed by atoms with van der Waals surface area (Å²) in [6.45, 7) is 3.04. The molecule has 2 bridgehead atoms. The van der Waals surface area contributed by atoms with Crippen LogP contribution in [0.1, 0.15) is 75.8 Å². The van der Waals surface area contributed by atoms with Crippen molar-refractivity contribution >= 4 is 11.8 Å². The maximum absolute atomic E-state index is 13.2. The van der Waals surface area contributed by atoms with Gasteiger partial charge in [-0.25, -0.2) is 0 Å². The molecule has 0 aromatic heterocycles. The Balaban J connectivity index is 1.45. The topological polar surface area (TPSA) is 65.1 Å². The second kappa shape index (κ2) is 9.03. The van der Waals surface area contributed by atoms with Gasteiger partial charge < -0.3 is 14.2 Å². The number of rotatable bonds is 10. The quantitative estimate of drug-likeness (QED) is 0.373. The summed E-state index contributed by atoms with van der Waals surface area (Å²) in [6, 6.07) is 3.97. The van der Waals surface area contributed by atoms with E-state index in [1.165, 1.54) is 25.7 Å². The first-order chi connectivity index (χ1) is 16.5. The van der Waals surface area contributed by atoms with Crippen molar-refractivity contribution in [3.8, 4) is 11.5 Å². The molecule has 1 fully saturated rings. The van der Waals surface area contributed by atoms with E-state index < -0.39 is 17.1 Å². The molecule has 1 aromatic carbocycles. The van der Waals surface area contributed by atoms with Crippen LogP contribution in [0.3, 0.4) is 0 Å². The average Bonchev–Trinajstić information content (AvgIpc) is 3.19. The molecule has 4 aliphatic rings. The molecule has 1 aromatic rings. The number of carbonyl (C=O) groups excluding carboxylic acids is 2. The molecule has 2 aliphatic heterocycles. The van der Waals surface area contributed by atoms with Gasteiger partial charge in [-0.2, -0.15) is 0 Å². The molecule has 0 N–H and O–H groups in total. The molecule has 0 saturated carbocycles. The fourth-order valence-corrected chi connectivity index (χ4v) is 6.90. The van der Waals surface area contributed by atoms with E-state index in [2.05, 4.69) is 24.9 Å². The normalized spacial score (nSPS) is 30.6. The van der Waals surface area contributed by atoms with E-state index in [1.807, 2.05) is 12.1 Å². The molecule has 184 valence electrons. The third-order valence-electron chi connectivity index (χ3n) is 8.57. The lowest BCUT2D eigenvalue weighted by molar-refractivity contribution is -0.190. The van der Waals surface area contributed by atoms with Crippen LogP contribution in [0.25, 0.3) is 0 Å². The molecule has 6 nitrogen and oxygen atoms in total. The van der Waals surface area contributed by atoms with Crippen molar-refractivity contribution in [2.75, 3.05) is 20.7 Å². The monoisotopic (exact) mass is 467 g/mol. The highest BCUT2D eigenvalue weighted by Crippen LogP contribution is 2.64. The van der Waals surface area contributed by atoms with Gasteiger partial charge in [0.25, 0.3) is 0 Å². The van der Waals surface area contributed by atoms with E-state index in [0.29, 0.717) is 24.3 Å². The Bertz CT molecular complexity index is 1000. The smallest absolute Gasteiger partial charge is 0.306 e. The SMILES string of the molecule is CCCCCCCCCC(=O)O[C@@]12C=CC(=O)[C@@H]3Oc4c(OC)ccc5c4[C@@]31CCN(C)[C@@H]2C5. The standard InChI is InChI=1S/C28H37NO5/c1-4-5-6-7-8-9-10-11-23(31)34-28-15-14-20(30)26-27(28)16-17-29(2)22(28)18-19-12-13-21(32-3)25(33-26)24(19)27/h12-15,22,26H,4-11,16-18H2,1-3H3/t22-,26+,27+,28-/m1/s1. The van der Waals surface area contributed by atoms with Gasteiger partial charge in [0, 0.05) is 12.0 Å². The van der Waals surface area contributed by atoms with Crippen molar-refractivity contribution in [1.29, 1.82) is 0 Å². The van der Waals surface area contributed by atoms with Gasteiger partial charge in [0.15, 0.2) is 29.0 Å². The van der Waals surface area contributed by atoms with Gasteiger partial charge in [-0.15, -0.1) is 0 Å². The van der Waals surface area contributed by atoms with Crippen molar-refractivity contribution in [2.24, 2.45) is 0 Å². The summed E-state index contributed by atoms with van der Waals surface area (Å²) in [6.07, 6.45) is 12.7. The first kappa shape index (κ1) is 23.4. The first-order valence-electron chi connectivity index (χ1n) is 13.0. The number of carbonyl (C=O) groups is 2. The van der Waals surface area contributed by atoms with Gasteiger partial charge in [-0.05, 0) is 56.6 Å². The maximum atomic E-state index is 13.2. The molecule has 1 spiro atoms. The minimum absolute atomic E-state index is 0.0402. The number of nitrogens with zero attached hydrogens (tertiary/aromatic N) is 1. The number of hydrogen-bond acceptors (Lipinski definition) is 6. The number of hydrogen-bond donors (Lipinski definition) is 0. The van der Waals surface area contributed by atoms with E-state index in [4.69, 9.17) is 14.2 Å². The molecule has 2 aliphatic carbocycles. The largest absolute Gasteiger partial charge is 0.493 e. The zero-order chi connectivity index (χ0) is 23.9. The van der Waals surface area contributed by atoms with Crippen molar-refractivity contribution in [3.63, 3.8) is 0 Å². The highest BCUT2D eigenvalue weighted by molar-refractivity contribution is 5.99. The van der Waals surface area contributed by atoms with Crippen LogP contribution in [0.4, 0.5) is 0 Å². The predicted molar refractivity (Wildman–Crippen MR) is 129 cm³/mol. The lowest BCUT2D eigenvalue weighted by atomic mass is 9.50. The van der Waals surface area contributed by atoms with E-state index >= 15 is 0 Å². The number of methoxy groups -OCH3 is 1. The van der Waals surface area contributed by atoms with Gasteiger partial charge in [0.2, 0.25) is 0 Å². The Morgan fingerprint density at radius 1 is 1.18 bits per heavy atom. The first-order valence-corrected chi connectivity index (χ1v) is 13.0. The van der Waals surface area contributed by atoms with Crippen LogP contribution in [0, 0.1) is 0 Å². The van der Waals surface area contributed by atoms with E-state index in [-0.39, 0.29) is 17.8 Å². The summed E-state index contributed by atoms with van der Waals surface area (Å²) in [5.41, 5.74) is 0.560. The fraction of sp³-hybridized carbons (Fsp3) is 0.643.